The van der Waals surface area contributed by atoms with Crippen molar-refractivity contribution in [3.63, 3.8) is 0 Å². The van der Waals surface area contributed by atoms with Crippen molar-refractivity contribution in [2.45, 2.75) is 25.9 Å². The monoisotopic (exact) mass is 350 g/mol. The molecule has 0 aromatic heterocycles. The van der Waals surface area contributed by atoms with Gasteiger partial charge in [0.1, 0.15) is 0 Å². The average Bonchev–Trinajstić information content (AvgIpc) is 2.53. The van der Waals surface area contributed by atoms with E-state index in [0.29, 0.717) is 10.0 Å². The lowest BCUT2D eigenvalue weighted by Crippen LogP contribution is -2.36. The Balaban J connectivity index is 1.87. The third-order valence-corrected chi connectivity index (χ3v) is 4.24. The largest absolute Gasteiger partial charge is 0.348 e. The number of nitrogens with one attached hydrogen (secondary N) is 2. The number of rotatable bonds is 6. The Morgan fingerprint density at radius 2 is 1.74 bits per heavy atom. The molecule has 0 fully saturated rings. The average molecular weight is 351 g/mol. The van der Waals surface area contributed by atoms with Crippen molar-refractivity contribution in [3.8, 4) is 0 Å². The minimum Gasteiger partial charge on any atom is -0.348 e. The van der Waals surface area contributed by atoms with Gasteiger partial charge in [-0.1, -0.05) is 59.6 Å². The smallest absolute Gasteiger partial charge is 0.234 e. The summed E-state index contributed by atoms with van der Waals surface area (Å²) in [5.74, 6) is -0.0775. The molecule has 0 aliphatic carbocycles. The number of benzene rings is 2. The molecule has 0 aliphatic rings. The highest BCUT2D eigenvalue weighted by Crippen LogP contribution is 2.25. The van der Waals surface area contributed by atoms with Gasteiger partial charge in [-0.2, -0.15) is 0 Å². The van der Waals surface area contributed by atoms with Crippen molar-refractivity contribution in [1.82, 2.24) is 10.6 Å². The maximum Gasteiger partial charge on any atom is 0.234 e. The maximum absolute atomic E-state index is 12.1. The quantitative estimate of drug-likeness (QED) is 0.803. The van der Waals surface area contributed by atoms with Crippen LogP contribution < -0.4 is 10.6 Å². The Labute approximate surface area is 147 Å². The lowest BCUT2D eigenvalue weighted by Gasteiger charge is -2.18. The first-order valence-electron chi connectivity index (χ1n) is 7.50. The Kier molecular flexibility index (Phi) is 6.46. The summed E-state index contributed by atoms with van der Waals surface area (Å²) in [4.78, 5) is 12.1. The van der Waals surface area contributed by atoms with Crippen LogP contribution in [0.25, 0.3) is 0 Å². The molecule has 1 amide bonds. The van der Waals surface area contributed by atoms with Crippen molar-refractivity contribution < 1.29 is 4.79 Å². The number of carbonyl (C=O) groups is 1. The number of halogens is 2. The summed E-state index contributed by atoms with van der Waals surface area (Å²) < 4.78 is 0. The molecule has 2 rings (SSSR count). The van der Waals surface area contributed by atoms with E-state index in [1.165, 1.54) is 0 Å². The van der Waals surface area contributed by atoms with Gasteiger partial charge in [0.25, 0.3) is 0 Å². The molecule has 3 nitrogen and oxygen atoms in total. The molecule has 2 aromatic rings. The predicted octanol–water partition coefficient (Wildman–Crippen LogP) is 4.52. The van der Waals surface area contributed by atoms with Crippen LogP contribution in [0.4, 0.5) is 0 Å². The zero-order valence-electron chi connectivity index (χ0n) is 13.1. The van der Waals surface area contributed by atoms with Gasteiger partial charge in [-0.25, -0.2) is 0 Å². The van der Waals surface area contributed by atoms with Crippen molar-refractivity contribution in [2.24, 2.45) is 0 Å². The molecule has 0 unspecified atom stereocenters. The van der Waals surface area contributed by atoms with Crippen LogP contribution in [0, 0.1) is 0 Å². The first-order chi connectivity index (χ1) is 11.0. The van der Waals surface area contributed by atoms with E-state index in [0.717, 1.165) is 11.1 Å². The third-order valence-electron chi connectivity index (χ3n) is 3.67. The van der Waals surface area contributed by atoms with E-state index in [2.05, 4.69) is 10.6 Å². The summed E-state index contributed by atoms with van der Waals surface area (Å²) in [7, 11) is 0. The molecule has 0 aliphatic heterocycles. The van der Waals surface area contributed by atoms with Crippen molar-refractivity contribution in [1.29, 1.82) is 0 Å². The fraction of sp³-hybridized carbons (Fsp3) is 0.278. The SMILES string of the molecule is C[C@@H](NCC(=O)N[C@H](C)c1ccc(Cl)cc1Cl)c1ccccc1. The lowest BCUT2D eigenvalue weighted by molar-refractivity contribution is -0.121. The Bertz CT molecular complexity index is 661. The predicted molar refractivity (Wildman–Crippen MR) is 95.9 cm³/mol. The van der Waals surface area contributed by atoms with E-state index >= 15 is 0 Å². The first kappa shape index (κ1) is 17.8. The Hall–Kier alpha value is -1.55. The Morgan fingerprint density at radius 3 is 2.39 bits per heavy atom. The van der Waals surface area contributed by atoms with Gasteiger partial charge in [-0.15, -0.1) is 0 Å². The summed E-state index contributed by atoms with van der Waals surface area (Å²) >= 11 is 12.1. The number of hydrogen-bond donors (Lipinski definition) is 2. The number of hydrogen-bond acceptors (Lipinski definition) is 2. The molecule has 0 heterocycles. The van der Waals surface area contributed by atoms with Crippen LogP contribution in [-0.2, 0) is 4.79 Å². The molecule has 0 saturated heterocycles. The minimum atomic E-state index is -0.180. The molecule has 2 atom stereocenters. The molecule has 122 valence electrons. The normalized spacial score (nSPS) is 13.4. The van der Waals surface area contributed by atoms with Gasteiger partial charge in [0.15, 0.2) is 0 Å². The summed E-state index contributed by atoms with van der Waals surface area (Å²) in [6.07, 6.45) is 0. The van der Waals surface area contributed by atoms with Gasteiger partial charge >= 0.3 is 0 Å². The fourth-order valence-electron chi connectivity index (χ4n) is 2.33. The van der Waals surface area contributed by atoms with Crippen LogP contribution in [0.15, 0.2) is 48.5 Å². The van der Waals surface area contributed by atoms with Crippen LogP contribution in [0.1, 0.15) is 37.1 Å². The second-order valence-corrected chi connectivity index (χ2v) is 6.31. The molecule has 0 radical (unpaired) electrons. The van der Waals surface area contributed by atoms with Gasteiger partial charge in [0, 0.05) is 16.1 Å². The van der Waals surface area contributed by atoms with Gasteiger partial charge < -0.3 is 10.6 Å². The van der Waals surface area contributed by atoms with E-state index in [1.807, 2.05) is 50.2 Å². The van der Waals surface area contributed by atoms with Gasteiger partial charge in [-0.05, 0) is 37.1 Å². The Morgan fingerprint density at radius 1 is 1.04 bits per heavy atom. The van der Waals surface area contributed by atoms with E-state index in [4.69, 9.17) is 23.2 Å². The van der Waals surface area contributed by atoms with Gasteiger partial charge in [-0.3, -0.25) is 4.79 Å². The molecule has 0 saturated carbocycles. The van der Waals surface area contributed by atoms with Crippen LogP contribution in [0.5, 0.6) is 0 Å². The standard InChI is InChI=1S/C18H20Cl2N2O/c1-12(14-6-4-3-5-7-14)21-11-18(23)22-13(2)16-9-8-15(19)10-17(16)20/h3-10,12-13,21H,11H2,1-2H3,(H,22,23)/t12-,13-/m1/s1. The molecule has 0 bridgehead atoms. The molecular formula is C18H20Cl2N2O. The van der Waals surface area contributed by atoms with Gasteiger partial charge in [0.2, 0.25) is 5.91 Å². The summed E-state index contributed by atoms with van der Waals surface area (Å²) in [5.41, 5.74) is 2.00. The molecule has 0 spiro atoms. The molecule has 2 aromatic carbocycles. The zero-order chi connectivity index (χ0) is 16.8. The number of amides is 1. The minimum absolute atomic E-state index is 0.0775. The van der Waals surface area contributed by atoms with E-state index in [1.54, 1.807) is 12.1 Å². The van der Waals surface area contributed by atoms with E-state index in [9.17, 15) is 4.79 Å². The summed E-state index contributed by atoms with van der Waals surface area (Å²) in [6.45, 7) is 4.17. The lowest BCUT2D eigenvalue weighted by atomic mass is 10.1. The fourth-order valence-corrected chi connectivity index (χ4v) is 2.90. The topological polar surface area (TPSA) is 41.1 Å². The van der Waals surface area contributed by atoms with Gasteiger partial charge in [0.05, 0.1) is 12.6 Å². The van der Waals surface area contributed by atoms with Crippen LogP contribution in [0.3, 0.4) is 0 Å². The third kappa shape index (κ3) is 5.24. The highest BCUT2D eigenvalue weighted by Gasteiger charge is 2.14. The van der Waals surface area contributed by atoms with Crippen LogP contribution >= 0.6 is 23.2 Å². The van der Waals surface area contributed by atoms with Crippen LogP contribution in [-0.4, -0.2) is 12.5 Å². The summed E-state index contributed by atoms with van der Waals surface area (Å²) in [6, 6.07) is 15.2. The number of carbonyl (C=O) groups excluding carboxylic acids is 1. The van der Waals surface area contributed by atoms with Crippen molar-refractivity contribution >= 4 is 29.1 Å². The van der Waals surface area contributed by atoms with Crippen LogP contribution in [0.2, 0.25) is 10.0 Å². The second kappa shape index (κ2) is 8.34. The molecule has 23 heavy (non-hydrogen) atoms. The second-order valence-electron chi connectivity index (χ2n) is 5.47. The molecule has 5 heteroatoms. The van der Waals surface area contributed by atoms with E-state index in [-0.39, 0.29) is 24.5 Å². The van der Waals surface area contributed by atoms with Crippen molar-refractivity contribution in [2.75, 3.05) is 6.54 Å². The van der Waals surface area contributed by atoms with E-state index < -0.39 is 0 Å². The first-order valence-corrected chi connectivity index (χ1v) is 8.25. The molecule has 2 N–H and O–H groups in total. The summed E-state index contributed by atoms with van der Waals surface area (Å²) in [5, 5.41) is 7.28. The molecular weight excluding hydrogens is 331 g/mol. The maximum atomic E-state index is 12.1. The highest BCUT2D eigenvalue weighted by atomic mass is 35.5. The van der Waals surface area contributed by atoms with Crippen molar-refractivity contribution in [3.05, 3.63) is 69.7 Å². The highest BCUT2D eigenvalue weighted by molar-refractivity contribution is 6.35. The zero-order valence-corrected chi connectivity index (χ0v) is 14.7.